The molecule has 0 fully saturated rings. The molecule has 0 saturated heterocycles. The van der Waals surface area contributed by atoms with Gasteiger partial charge in [0.25, 0.3) is 0 Å². The molecule has 0 aliphatic heterocycles. The summed E-state index contributed by atoms with van der Waals surface area (Å²) in [6, 6.07) is 14.4. The molecule has 0 aliphatic carbocycles. The zero-order valence-electron chi connectivity index (χ0n) is 17.2. The summed E-state index contributed by atoms with van der Waals surface area (Å²) < 4.78 is 61.7. The number of halogens is 3. The van der Waals surface area contributed by atoms with Gasteiger partial charge in [0.05, 0.1) is 16.2 Å². The van der Waals surface area contributed by atoms with Gasteiger partial charge in [-0.15, -0.1) is 0 Å². The molecule has 33 heavy (non-hydrogen) atoms. The van der Waals surface area contributed by atoms with E-state index in [2.05, 4.69) is 15.0 Å². The van der Waals surface area contributed by atoms with Crippen LogP contribution in [0, 0.1) is 6.92 Å². The molecule has 2 heterocycles. The van der Waals surface area contributed by atoms with Crippen molar-refractivity contribution in [2.75, 3.05) is 0 Å². The van der Waals surface area contributed by atoms with Crippen LogP contribution >= 0.6 is 0 Å². The highest BCUT2D eigenvalue weighted by molar-refractivity contribution is 7.89. The normalized spacial score (nSPS) is 12.0. The summed E-state index contributed by atoms with van der Waals surface area (Å²) in [6.45, 7) is 1.75. The van der Waals surface area contributed by atoms with E-state index in [-0.39, 0.29) is 4.90 Å². The fraction of sp³-hybridized carbons (Fsp3) is 0.0870. The molecule has 168 valence electrons. The number of aryl methyl sites for hydroxylation is 1. The predicted molar refractivity (Wildman–Crippen MR) is 117 cm³/mol. The van der Waals surface area contributed by atoms with Gasteiger partial charge < -0.3 is 0 Å². The van der Waals surface area contributed by atoms with Crippen molar-refractivity contribution < 1.29 is 21.6 Å². The van der Waals surface area contributed by atoms with Gasteiger partial charge in [0, 0.05) is 34.8 Å². The summed E-state index contributed by atoms with van der Waals surface area (Å²) >= 11 is 0. The Morgan fingerprint density at radius 2 is 1.61 bits per heavy atom. The average Bonchev–Trinajstić information content (AvgIpc) is 2.78. The monoisotopic (exact) mass is 470 g/mol. The van der Waals surface area contributed by atoms with Crippen LogP contribution in [0.3, 0.4) is 0 Å². The number of hydrogen-bond acceptors (Lipinski definition) is 5. The number of rotatable bonds is 4. The third-order valence-electron chi connectivity index (χ3n) is 4.98. The minimum absolute atomic E-state index is 0.0276. The number of aromatic nitrogens is 3. The van der Waals surface area contributed by atoms with Gasteiger partial charge in [-0.05, 0) is 48.9 Å². The van der Waals surface area contributed by atoms with Crippen LogP contribution in [0.5, 0.6) is 0 Å². The van der Waals surface area contributed by atoms with E-state index in [1.807, 2.05) is 0 Å². The van der Waals surface area contributed by atoms with Gasteiger partial charge >= 0.3 is 6.18 Å². The molecule has 2 N–H and O–H groups in total. The molecule has 2 aromatic carbocycles. The predicted octanol–water partition coefficient (Wildman–Crippen LogP) is 4.85. The lowest BCUT2D eigenvalue weighted by molar-refractivity contribution is -0.137. The zero-order valence-corrected chi connectivity index (χ0v) is 18.0. The highest BCUT2D eigenvalue weighted by Crippen LogP contribution is 2.32. The topological polar surface area (TPSA) is 98.8 Å². The number of benzene rings is 2. The van der Waals surface area contributed by atoms with Crippen molar-refractivity contribution in [3.63, 3.8) is 0 Å². The number of nitrogens with zero attached hydrogens (tertiary/aromatic N) is 3. The van der Waals surface area contributed by atoms with E-state index in [0.717, 1.165) is 12.1 Å². The number of alkyl halides is 3. The van der Waals surface area contributed by atoms with Crippen molar-refractivity contribution in [2.24, 2.45) is 5.14 Å². The Morgan fingerprint density at radius 1 is 0.879 bits per heavy atom. The Balaban J connectivity index is 1.67. The molecular formula is C23H17F3N4O2S. The largest absolute Gasteiger partial charge is 0.416 e. The minimum Gasteiger partial charge on any atom is -0.256 e. The summed E-state index contributed by atoms with van der Waals surface area (Å²) in [5, 5.41) is 5.21. The van der Waals surface area contributed by atoms with Crippen LogP contribution in [0.4, 0.5) is 13.2 Å². The van der Waals surface area contributed by atoms with Crippen LogP contribution < -0.4 is 5.14 Å². The number of sulfonamides is 1. The van der Waals surface area contributed by atoms with Crippen molar-refractivity contribution in [3.05, 3.63) is 84.3 Å². The molecule has 2 aromatic heterocycles. The second-order valence-corrected chi connectivity index (χ2v) is 8.83. The fourth-order valence-corrected chi connectivity index (χ4v) is 3.85. The van der Waals surface area contributed by atoms with E-state index in [1.54, 1.807) is 43.6 Å². The Labute approximate surface area is 188 Å². The van der Waals surface area contributed by atoms with E-state index in [4.69, 9.17) is 5.14 Å². The summed E-state index contributed by atoms with van der Waals surface area (Å²) in [6.07, 6.45) is -1.29. The number of primary sulfonamides is 1. The van der Waals surface area contributed by atoms with Crippen molar-refractivity contribution >= 4 is 10.0 Å². The molecular weight excluding hydrogens is 453 g/mol. The number of hydrogen-bond donors (Lipinski definition) is 1. The van der Waals surface area contributed by atoms with Crippen molar-refractivity contribution in [1.29, 1.82) is 0 Å². The molecule has 0 amide bonds. The van der Waals surface area contributed by atoms with E-state index >= 15 is 0 Å². The molecule has 10 heteroatoms. The molecule has 0 radical (unpaired) electrons. The lowest BCUT2D eigenvalue weighted by atomic mass is 10.0. The minimum atomic E-state index is -4.40. The second-order valence-electron chi connectivity index (χ2n) is 7.27. The van der Waals surface area contributed by atoms with Gasteiger partial charge in [-0.25, -0.2) is 23.5 Å². The van der Waals surface area contributed by atoms with Crippen LogP contribution in [-0.4, -0.2) is 23.4 Å². The van der Waals surface area contributed by atoms with Gasteiger partial charge in [0.2, 0.25) is 10.0 Å². The van der Waals surface area contributed by atoms with E-state index in [9.17, 15) is 21.6 Å². The first-order valence-corrected chi connectivity index (χ1v) is 11.2. The third-order valence-corrected chi connectivity index (χ3v) is 5.89. The molecule has 0 aliphatic rings. The Hall–Kier alpha value is -3.63. The van der Waals surface area contributed by atoms with Crippen molar-refractivity contribution in [1.82, 2.24) is 15.0 Å². The van der Waals surface area contributed by atoms with Crippen molar-refractivity contribution in [2.45, 2.75) is 18.0 Å². The summed E-state index contributed by atoms with van der Waals surface area (Å²) in [4.78, 5) is 13.1. The van der Waals surface area contributed by atoms with E-state index in [0.29, 0.717) is 39.5 Å². The highest BCUT2D eigenvalue weighted by Gasteiger charge is 2.30. The molecule has 0 bridgehead atoms. The quantitative estimate of drug-likeness (QED) is 0.460. The first-order chi connectivity index (χ1) is 15.5. The maximum atomic E-state index is 12.8. The molecule has 0 saturated carbocycles. The molecule has 6 nitrogen and oxygen atoms in total. The Kier molecular flexibility index (Phi) is 5.73. The van der Waals surface area contributed by atoms with Gasteiger partial charge in [0.1, 0.15) is 0 Å². The average molecular weight is 470 g/mol. The Morgan fingerprint density at radius 3 is 2.24 bits per heavy atom. The van der Waals surface area contributed by atoms with E-state index in [1.165, 1.54) is 24.3 Å². The smallest absolute Gasteiger partial charge is 0.256 e. The molecule has 0 unspecified atom stereocenters. The lowest BCUT2D eigenvalue weighted by Crippen LogP contribution is -2.11. The zero-order chi connectivity index (χ0) is 23.8. The summed E-state index contributed by atoms with van der Waals surface area (Å²) in [7, 11) is -3.86. The van der Waals surface area contributed by atoms with Gasteiger partial charge in [0.15, 0.2) is 5.82 Å². The highest BCUT2D eigenvalue weighted by atomic mass is 32.2. The number of nitrogens with two attached hydrogens (primary N) is 1. The van der Waals surface area contributed by atoms with Gasteiger partial charge in [-0.2, -0.15) is 13.2 Å². The van der Waals surface area contributed by atoms with Crippen LogP contribution in [0.2, 0.25) is 0 Å². The first-order valence-electron chi connectivity index (χ1n) is 9.63. The molecule has 4 rings (SSSR count). The van der Waals surface area contributed by atoms with Crippen LogP contribution in [0.25, 0.3) is 33.8 Å². The molecule has 0 atom stereocenters. The Bertz CT molecular complexity index is 1440. The standard InChI is InChI=1S/C23H17F3N4O2S/c1-14-20(15-5-7-18(8-6-15)23(24,25)26)13-29-22(30-14)17-9-10-28-21(12-17)16-3-2-4-19(11-16)33(27,31)32/h2-13H,1H3,(H2,27,31,32). The maximum absolute atomic E-state index is 12.8. The molecule has 4 aromatic rings. The van der Waals surface area contributed by atoms with Crippen LogP contribution in [0.15, 0.2) is 78.0 Å². The van der Waals surface area contributed by atoms with Crippen molar-refractivity contribution in [3.8, 4) is 33.8 Å². The van der Waals surface area contributed by atoms with Crippen LogP contribution in [0.1, 0.15) is 11.3 Å². The van der Waals surface area contributed by atoms with Gasteiger partial charge in [-0.3, -0.25) is 4.98 Å². The second kappa shape index (κ2) is 8.38. The maximum Gasteiger partial charge on any atom is 0.416 e. The number of pyridine rings is 1. The van der Waals surface area contributed by atoms with Gasteiger partial charge in [-0.1, -0.05) is 24.3 Å². The summed E-state index contributed by atoms with van der Waals surface area (Å²) in [5.41, 5.74) is 2.76. The fourth-order valence-electron chi connectivity index (χ4n) is 3.29. The summed E-state index contributed by atoms with van der Waals surface area (Å²) in [5.74, 6) is 0.398. The first kappa shape index (κ1) is 22.6. The van der Waals surface area contributed by atoms with E-state index < -0.39 is 21.8 Å². The lowest BCUT2D eigenvalue weighted by Gasteiger charge is -2.10. The third kappa shape index (κ3) is 4.91. The van der Waals surface area contributed by atoms with Crippen LogP contribution in [-0.2, 0) is 16.2 Å². The SMILES string of the molecule is Cc1nc(-c2ccnc(-c3cccc(S(N)(=O)=O)c3)c2)ncc1-c1ccc(C(F)(F)F)cc1. The molecule has 0 spiro atoms.